The van der Waals surface area contributed by atoms with Crippen molar-refractivity contribution in [2.45, 2.75) is 83.3 Å². The largest absolute Gasteiger partial charge is 0.494 e. The third-order valence-electron chi connectivity index (χ3n) is 5.07. The zero-order valence-electron chi connectivity index (χ0n) is 18.0. The van der Waals surface area contributed by atoms with Crippen molar-refractivity contribution in [3.63, 3.8) is 0 Å². The van der Waals surface area contributed by atoms with Gasteiger partial charge in [0.05, 0.1) is 6.61 Å². The molecule has 3 nitrogen and oxygen atoms in total. The van der Waals surface area contributed by atoms with Gasteiger partial charge in [-0.15, -0.1) is 0 Å². The van der Waals surface area contributed by atoms with Crippen molar-refractivity contribution in [2.75, 3.05) is 26.9 Å². The molecule has 156 valence electrons. The zero-order valence-corrected chi connectivity index (χ0v) is 19.0. The lowest BCUT2D eigenvalue weighted by Crippen LogP contribution is -2.27. The van der Waals surface area contributed by atoms with E-state index in [4.69, 9.17) is 13.9 Å². The summed E-state index contributed by atoms with van der Waals surface area (Å²) in [5, 5.41) is 0. The van der Waals surface area contributed by atoms with Crippen LogP contribution in [0.1, 0.15) is 64.2 Å². The Morgan fingerprint density at radius 1 is 0.667 bits per heavy atom. The van der Waals surface area contributed by atoms with Crippen LogP contribution < -0.4 is 4.74 Å². The molecule has 0 saturated heterocycles. The van der Waals surface area contributed by atoms with E-state index in [2.05, 4.69) is 13.1 Å². The average molecular weight is 395 g/mol. The van der Waals surface area contributed by atoms with E-state index in [1.165, 1.54) is 63.8 Å². The van der Waals surface area contributed by atoms with Gasteiger partial charge in [0, 0.05) is 26.7 Å². The van der Waals surface area contributed by atoms with E-state index in [1.54, 1.807) is 0 Å². The normalized spacial score (nSPS) is 11.7. The standard InChI is InChI=1S/C23H42O3Si/c1-24-27(2,3)22-15-10-8-6-4-5-7-9-14-19-25-20-16-21-26-23-17-12-11-13-18-23/h11-13,17-18H,4-10,14-16,19-22H2,1-3H3. The average Bonchev–Trinajstić information content (AvgIpc) is 2.68. The van der Waals surface area contributed by atoms with Gasteiger partial charge in [0.15, 0.2) is 8.32 Å². The second-order valence-electron chi connectivity index (χ2n) is 8.02. The van der Waals surface area contributed by atoms with E-state index >= 15 is 0 Å². The van der Waals surface area contributed by atoms with Crippen molar-refractivity contribution in [3.05, 3.63) is 30.3 Å². The summed E-state index contributed by atoms with van der Waals surface area (Å²) < 4.78 is 16.9. The van der Waals surface area contributed by atoms with Crippen molar-refractivity contribution in [1.82, 2.24) is 0 Å². The molecule has 0 amide bonds. The minimum atomic E-state index is -1.32. The number of para-hydroxylation sites is 1. The van der Waals surface area contributed by atoms with Crippen LogP contribution in [0.25, 0.3) is 0 Å². The molecular formula is C23H42O3Si. The first-order chi connectivity index (χ1) is 13.1. The lowest BCUT2D eigenvalue weighted by atomic mass is 10.1. The maximum Gasteiger partial charge on any atom is 0.186 e. The predicted molar refractivity (Wildman–Crippen MR) is 118 cm³/mol. The SMILES string of the molecule is CO[Si](C)(C)CCCCCCCCCCCOCCCOc1ccccc1. The Morgan fingerprint density at radius 3 is 1.85 bits per heavy atom. The highest BCUT2D eigenvalue weighted by molar-refractivity contribution is 6.71. The minimum absolute atomic E-state index is 0.731. The van der Waals surface area contributed by atoms with Crippen molar-refractivity contribution < 1.29 is 13.9 Å². The number of rotatable bonds is 18. The molecule has 1 aromatic carbocycles. The van der Waals surface area contributed by atoms with Crippen LogP contribution in [-0.4, -0.2) is 35.2 Å². The van der Waals surface area contributed by atoms with Gasteiger partial charge >= 0.3 is 0 Å². The summed E-state index contributed by atoms with van der Waals surface area (Å²) in [5.74, 6) is 0.943. The van der Waals surface area contributed by atoms with Crippen LogP contribution in [0.3, 0.4) is 0 Å². The molecule has 0 aliphatic heterocycles. The van der Waals surface area contributed by atoms with Gasteiger partial charge in [-0.3, -0.25) is 0 Å². The summed E-state index contributed by atoms with van der Waals surface area (Å²) >= 11 is 0. The fraction of sp³-hybridized carbons (Fsp3) is 0.739. The molecule has 0 aliphatic rings. The third-order valence-corrected chi connectivity index (χ3v) is 7.73. The Labute approximate surface area is 168 Å². The zero-order chi connectivity index (χ0) is 19.6. The van der Waals surface area contributed by atoms with Crippen LogP contribution >= 0.6 is 0 Å². The highest BCUT2D eigenvalue weighted by atomic mass is 28.4. The van der Waals surface area contributed by atoms with Crippen LogP contribution in [0.5, 0.6) is 5.75 Å². The smallest absolute Gasteiger partial charge is 0.186 e. The molecule has 0 aromatic heterocycles. The molecule has 0 spiro atoms. The number of ether oxygens (including phenoxy) is 2. The van der Waals surface area contributed by atoms with Gasteiger partial charge < -0.3 is 13.9 Å². The highest BCUT2D eigenvalue weighted by Crippen LogP contribution is 2.17. The summed E-state index contributed by atoms with van der Waals surface area (Å²) in [5.41, 5.74) is 0. The van der Waals surface area contributed by atoms with Crippen LogP contribution in [0.4, 0.5) is 0 Å². The van der Waals surface area contributed by atoms with Crippen molar-refractivity contribution in [3.8, 4) is 5.75 Å². The molecule has 27 heavy (non-hydrogen) atoms. The fourth-order valence-electron chi connectivity index (χ4n) is 3.06. The molecule has 1 aromatic rings. The quantitative estimate of drug-likeness (QED) is 0.202. The predicted octanol–water partition coefficient (Wildman–Crippen LogP) is 6.83. The molecule has 0 saturated carbocycles. The van der Waals surface area contributed by atoms with Crippen molar-refractivity contribution >= 4 is 8.32 Å². The van der Waals surface area contributed by atoms with E-state index in [0.29, 0.717) is 0 Å². The number of benzene rings is 1. The van der Waals surface area contributed by atoms with Gasteiger partial charge in [-0.05, 0) is 37.7 Å². The lowest BCUT2D eigenvalue weighted by molar-refractivity contribution is 0.115. The Kier molecular flexibility index (Phi) is 14.5. The molecule has 4 heteroatoms. The van der Waals surface area contributed by atoms with Crippen LogP contribution in [-0.2, 0) is 9.16 Å². The minimum Gasteiger partial charge on any atom is -0.494 e. The van der Waals surface area contributed by atoms with Gasteiger partial charge in [-0.1, -0.05) is 69.6 Å². The number of hydrogen-bond donors (Lipinski definition) is 0. The van der Waals surface area contributed by atoms with Crippen molar-refractivity contribution in [2.24, 2.45) is 0 Å². The van der Waals surface area contributed by atoms with Gasteiger partial charge in [0.25, 0.3) is 0 Å². The summed E-state index contributed by atoms with van der Waals surface area (Å²) in [4.78, 5) is 0. The Hall–Kier alpha value is -0.843. The highest BCUT2D eigenvalue weighted by Gasteiger charge is 2.18. The molecule has 0 atom stereocenters. The second-order valence-corrected chi connectivity index (χ2v) is 12.5. The Morgan fingerprint density at radius 2 is 1.22 bits per heavy atom. The summed E-state index contributed by atoms with van der Waals surface area (Å²) in [6.45, 7) is 7.06. The molecule has 0 radical (unpaired) electrons. The van der Waals surface area contributed by atoms with Gasteiger partial charge in [-0.25, -0.2) is 0 Å². The van der Waals surface area contributed by atoms with E-state index in [9.17, 15) is 0 Å². The van der Waals surface area contributed by atoms with E-state index in [0.717, 1.165) is 32.0 Å². The molecule has 0 aliphatic carbocycles. The van der Waals surface area contributed by atoms with Crippen LogP contribution in [0.15, 0.2) is 30.3 Å². The lowest BCUT2D eigenvalue weighted by Gasteiger charge is -2.19. The molecule has 0 fully saturated rings. The van der Waals surface area contributed by atoms with Gasteiger partial charge in [0.1, 0.15) is 5.75 Å². The Balaban J connectivity index is 1.73. The molecule has 0 unspecified atom stereocenters. The molecular weight excluding hydrogens is 352 g/mol. The summed E-state index contributed by atoms with van der Waals surface area (Å²) in [6.07, 6.45) is 13.1. The molecule has 0 bridgehead atoms. The maximum absolute atomic E-state index is 5.69. The molecule has 0 N–H and O–H groups in total. The van der Waals surface area contributed by atoms with Gasteiger partial charge in [0.2, 0.25) is 0 Å². The topological polar surface area (TPSA) is 27.7 Å². The molecule has 1 rings (SSSR count). The van der Waals surface area contributed by atoms with Crippen LogP contribution in [0, 0.1) is 0 Å². The first-order valence-corrected chi connectivity index (χ1v) is 14.1. The number of hydrogen-bond acceptors (Lipinski definition) is 3. The van der Waals surface area contributed by atoms with E-state index < -0.39 is 8.32 Å². The summed E-state index contributed by atoms with van der Waals surface area (Å²) in [6, 6.07) is 11.3. The van der Waals surface area contributed by atoms with Gasteiger partial charge in [-0.2, -0.15) is 0 Å². The first kappa shape index (κ1) is 24.2. The Bertz CT molecular complexity index is 437. The third kappa shape index (κ3) is 14.8. The second kappa shape index (κ2) is 16.1. The van der Waals surface area contributed by atoms with E-state index in [1.807, 2.05) is 37.4 Å². The molecule has 0 heterocycles. The monoisotopic (exact) mass is 394 g/mol. The van der Waals surface area contributed by atoms with Crippen LogP contribution in [0.2, 0.25) is 19.1 Å². The van der Waals surface area contributed by atoms with Crippen molar-refractivity contribution in [1.29, 1.82) is 0 Å². The van der Waals surface area contributed by atoms with E-state index in [-0.39, 0.29) is 0 Å². The first-order valence-electron chi connectivity index (χ1n) is 10.9. The summed E-state index contributed by atoms with van der Waals surface area (Å²) in [7, 11) is 0.556. The fourth-order valence-corrected chi connectivity index (χ4v) is 4.37. The number of unbranched alkanes of at least 4 members (excludes halogenated alkanes) is 8. The maximum atomic E-state index is 5.69.